The highest BCUT2D eigenvalue weighted by atomic mass is 35.5. The van der Waals surface area contributed by atoms with E-state index in [0.717, 1.165) is 12.8 Å². The van der Waals surface area contributed by atoms with Gasteiger partial charge >= 0.3 is 0 Å². The summed E-state index contributed by atoms with van der Waals surface area (Å²) in [6, 6.07) is 7.12. The lowest BCUT2D eigenvalue weighted by Gasteiger charge is -2.31. The first-order valence-electron chi connectivity index (χ1n) is 5.87. The Morgan fingerprint density at radius 2 is 2.00 bits per heavy atom. The van der Waals surface area contributed by atoms with Crippen molar-refractivity contribution in [2.45, 2.75) is 12.8 Å². The molecule has 1 aliphatic heterocycles. The van der Waals surface area contributed by atoms with E-state index in [1.807, 2.05) is 17.0 Å². The van der Waals surface area contributed by atoms with Gasteiger partial charge < -0.3 is 10.0 Å². The van der Waals surface area contributed by atoms with E-state index in [0.29, 0.717) is 29.6 Å². The third-order valence-electron chi connectivity index (χ3n) is 3.26. The van der Waals surface area contributed by atoms with E-state index >= 15 is 0 Å². The standard InChI is InChI=1S/C13H16ClNO2/c14-12-4-2-1-3-11(12)13(17)15-7-5-10(9-16)6-8-15/h1-4,10,16H,5-9H2. The highest BCUT2D eigenvalue weighted by molar-refractivity contribution is 6.33. The molecule has 0 radical (unpaired) electrons. The monoisotopic (exact) mass is 253 g/mol. The number of halogens is 1. The van der Waals surface area contributed by atoms with E-state index in [1.54, 1.807) is 12.1 Å². The van der Waals surface area contributed by atoms with Crippen LogP contribution in [0.5, 0.6) is 0 Å². The molecule has 1 aliphatic rings. The molecule has 1 fully saturated rings. The van der Waals surface area contributed by atoms with Gasteiger partial charge in [0.2, 0.25) is 0 Å². The summed E-state index contributed by atoms with van der Waals surface area (Å²) in [5, 5.41) is 9.55. The van der Waals surface area contributed by atoms with Crippen LogP contribution in [0.25, 0.3) is 0 Å². The predicted octanol–water partition coefficient (Wildman–Crippen LogP) is 2.18. The van der Waals surface area contributed by atoms with Crippen molar-refractivity contribution in [3.05, 3.63) is 34.9 Å². The Bertz CT molecular complexity index is 400. The lowest BCUT2D eigenvalue weighted by Crippen LogP contribution is -2.39. The zero-order valence-electron chi connectivity index (χ0n) is 9.60. The molecule has 1 amide bonds. The second kappa shape index (κ2) is 5.52. The number of benzene rings is 1. The molecule has 0 bridgehead atoms. The SMILES string of the molecule is O=C(c1ccccc1Cl)N1CCC(CO)CC1. The first kappa shape index (κ1) is 12.4. The van der Waals surface area contributed by atoms with Gasteiger partial charge in [-0.15, -0.1) is 0 Å². The van der Waals surface area contributed by atoms with Crippen LogP contribution in [-0.2, 0) is 0 Å². The second-order valence-electron chi connectivity index (χ2n) is 4.40. The Morgan fingerprint density at radius 1 is 1.35 bits per heavy atom. The fraction of sp³-hybridized carbons (Fsp3) is 0.462. The van der Waals surface area contributed by atoms with Crippen molar-refractivity contribution in [2.24, 2.45) is 5.92 Å². The van der Waals surface area contributed by atoms with Crippen LogP contribution in [0, 0.1) is 5.92 Å². The Labute approximate surface area is 106 Å². The number of hydrogen-bond donors (Lipinski definition) is 1. The number of hydrogen-bond acceptors (Lipinski definition) is 2. The maximum Gasteiger partial charge on any atom is 0.255 e. The summed E-state index contributed by atoms with van der Waals surface area (Å²) in [7, 11) is 0. The molecule has 0 spiro atoms. The zero-order chi connectivity index (χ0) is 12.3. The van der Waals surface area contributed by atoms with Crippen molar-refractivity contribution >= 4 is 17.5 Å². The molecular formula is C13H16ClNO2. The fourth-order valence-electron chi connectivity index (χ4n) is 2.12. The Balaban J connectivity index is 2.04. The summed E-state index contributed by atoms with van der Waals surface area (Å²) in [5.41, 5.74) is 0.566. The van der Waals surface area contributed by atoms with Crippen LogP contribution < -0.4 is 0 Å². The minimum absolute atomic E-state index is 0.00742. The summed E-state index contributed by atoms with van der Waals surface area (Å²) < 4.78 is 0. The molecule has 1 aromatic carbocycles. The summed E-state index contributed by atoms with van der Waals surface area (Å²) in [4.78, 5) is 14.0. The molecule has 4 heteroatoms. The Kier molecular flexibility index (Phi) is 4.02. The first-order chi connectivity index (χ1) is 8.22. The minimum Gasteiger partial charge on any atom is -0.396 e. The fourth-order valence-corrected chi connectivity index (χ4v) is 2.34. The van der Waals surface area contributed by atoms with Gasteiger partial charge in [0.25, 0.3) is 5.91 Å². The maximum absolute atomic E-state index is 12.2. The average Bonchev–Trinajstić information content (AvgIpc) is 2.39. The summed E-state index contributed by atoms with van der Waals surface area (Å²) in [5.74, 6) is 0.331. The highest BCUT2D eigenvalue weighted by Crippen LogP contribution is 2.21. The molecule has 92 valence electrons. The molecule has 1 heterocycles. The van der Waals surface area contributed by atoms with E-state index < -0.39 is 0 Å². The molecule has 0 aromatic heterocycles. The number of amides is 1. The van der Waals surface area contributed by atoms with E-state index in [1.165, 1.54) is 0 Å². The van der Waals surface area contributed by atoms with Crippen LogP contribution in [0.15, 0.2) is 24.3 Å². The number of aliphatic hydroxyl groups excluding tert-OH is 1. The summed E-state index contributed by atoms with van der Waals surface area (Å²) >= 11 is 6.01. The first-order valence-corrected chi connectivity index (χ1v) is 6.25. The lowest BCUT2D eigenvalue weighted by atomic mass is 9.97. The topological polar surface area (TPSA) is 40.5 Å². The number of nitrogens with zero attached hydrogens (tertiary/aromatic N) is 1. The summed E-state index contributed by atoms with van der Waals surface area (Å²) in [6.07, 6.45) is 1.74. The van der Waals surface area contributed by atoms with Crippen molar-refractivity contribution in [1.82, 2.24) is 4.90 Å². The molecule has 0 unspecified atom stereocenters. The summed E-state index contributed by atoms with van der Waals surface area (Å²) in [6.45, 7) is 1.62. The Morgan fingerprint density at radius 3 is 2.59 bits per heavy atom. The van der Waals surface area contributed by atoms with Gasteiger partial charge in [-0.05, 0) is 30.9 Å². The highest BCUT2D eigenvalue weighted by Gasteiger charge is 2.24. The van der Waals surface area contributed by atoms with Crippen LogP contribution in [0.2, 0.25) is 5.02 Å². The Hall–Kier alpha value is -1.06. The quantitative estimate of drug-likeness (QED) is 0.878. The van der Waals surface area contributed by atoms with Crippen LogP contribution >= 0.6 is 11.6 Å². The van der Waals surface area contributed by atoms with Gasteiger partial charge in [-0.1, -0.05) is 23.7 Å². The van der Waals surface area contributed by atoms with Crippen LogP contribution in [-0.4, -0.2) is 35.6 Å². The van der Waals surface area contributed by atoms with Crippen molar-refractivity contribution in [1.29, 1.82) is 0 Å². The van der Waals surface area contributed by atoms with Crippen LogP contribution in [0.4, 0.5) is 0 Å². The van der Waals surface area contributed by atoms with Gasteiger partial charge in [0.05, 0.1) is 10.6 Å². The van der Waals surface area contributed by atoms with Crippen molar-refractivity contribution < 1.29 is 9.90 Å². The maximum atomic E-state index is 12.2. The third-order valence-corrected chi connectivity index (χ3v) is 3.59. The smallest absolute Gasteiger partial charge is 0.255 e. The van der Waals surface area contributed by atoms with Gasteiger partial charge in [0.15, 0.2) is 0 Å². The van der Waals surface area contributed by atoms with Crippen LogP contribution in [0.1, 0.15) is 23.2 Å². The number of carbonyl (C=O) groups is 1. The molecule has 0 atom stereocenters. The average molecular weight is 254 g/mol. The van der Waals surface area contributed by atoms with Gasteiger partial charge in [-0.3, -0.25) is 4.79 Å². The molecule has 1 aromatic rings. The molecule has 1 saturated heterocycles. The van der Waals surface area contributed by atoms with Crippen molar-refractivity contribution in [3.8, 4) is 0 Å². The van der Waals surface area contributed by atoms with Crippen LogP contribution in [0.3, 0.4) is 0 Å². The zero-order valence-corrected chi connectivity index (χ0v) is 10.4. The van der Waals surface area contributed by atoms with Gasteiger partial charge in [0.1, 0.15) is 0 Å². The van der Waals surface area contributed by atoms with Gasteiger partial charge in [-0.2, -0.15) is 0 Å². The molecule has 0 aliphatic carbocycles. The molecule has 3 nitrogen and oxygen atoms in total. The van der Waals surface area contributed by atoms with Crippen molar-refractivity contribution in [3.63, 3.8) is 0 Å². The lowest BCUT2D eigenvalue weighted by molar-refractivity contribution is 0.0651. The second-order valence-corrected chi connectivity index (χ2v) is 4.81. The third kappa shape index (κ3) is 2.79. The minimum atomic E-state index is -0.00742. The van der Waals surface area contributed by atoms with Gasteiger partial charge in [-0.25, -0.2) is 0 Å². The van der Waals surface area contributed by atoms with E-state index in [4.69, 9.17) is 16.7 Å². The molecular weight excluding hydrogens is 238 g/mol. The molecule has 0 saturated carbocycles. The number of rotatable bonds is 2. The number of piperidine rings is 1. The van der Waals surface area contributed by atoms with Crippen molar-refractivity contribution in [2.75, 3.05) is 19.7 Å². The molecule has 17 heavy (non-hydrogen) atoms. The number of likely N-dealkylation sites (tertiary alicyclic amines) is 1. The van der Waals surface area contributed by atoms with Gasteiger partial charge in [0, 0.05) is 19.7 Å². The normalized spacial score (nSPS) is 17.2. The van der Waals surface area contributed by atoms with E-state index in [2.05, 4.69) is 0 Å². The number of aliphatic hydroxyl groups is 1. The molecule has 2 rings (SSSR count). The largest absolute Gasteiger partial charge is 0.396 e. The predicted molar refractivity (Wildman–Crippen MR) is 67.2 cm³/mol. The molecule has 1 N–H and O–H groups in total. The van der Waals surface area contributed by atoms with E-state index in [-0.39, 0.29) is 12.5 Å². The van der Waals surface area contributed by atoms with E-state index in [9.17, 15) is 4.79 Å². The number of carbonyl (C=O) groups excluding carboxylic acids is 1.